The zero-order valence-corrected chi connectivity index (χ0v) is 16.6. The van der Waals surface area contributed by atoms with Crippen LogP contribution in [0, 0.1) is 17.1 Å². The molecule has 5 nitrogen and oxygen atoms in total. The summed E-state index contributed by atoms with van der Waals surface area (Å²) in [5, 5.41) is 21.3. The second kappa shape index (κ2) is 9.00. The minimum absolute atomic E-state index is 0.0713. The van der Waals surface area contributed by atoms with Gasteiger partial charge in [-0.15, -0.1) is 0 Å². The van der Waals surface area contributed by atoms with Crippen LogP contribution in [0.4, 0.5) is 23.2 Å². The van der Waals surface area contributed by atoms with Gasteiger partial charge in [0.2, 0.25) is 0 Å². The summed E-state index contributed by atoms with van der Waals surface area (Å²) in [6, 6.07) is 8.06. The molecule has 0 saturated heterocycles. The molecule has 0 aliphatic heterocycles. The summed E-state index contributed by atoms with van der Waals surface area (Å²) in [5.74, 6) is -1.68. The molecule has 0 aromatic heterocycles. The number of aliphatic hydroxyl groups is 1. The molecule has 2 unspecified atom stereocenters. The van der Waals surface area contributed by atoms with Crippen molar-refractivity contribution in [3.8, 4) is 6.07 Å². The highest BCUT2D eigenvalue weighted by atomic mass is 35.5. The van der Waals surface area contributed by atoms with Crippen molar-refractivity contribution in [3.05, 3.63) is 63.9 Å². The molecule has 30 heavy (non-hydrogen) atoms. The van der Waals surface area contributed by atoms with Crippen molar-refractivity contribution in [1.82, 2.24) is 0 Å². The van der Waals surface area contributed by atoms with E-state index in [1.54, 1.807) is 6.92 Å². The van der Waals surface area contributed by atoms with Crippen molar-refractivity contribution in [2.75, 3.05) is 11.9 Å². The lowest BCUT2D eigenvalue weighted by Crippen LogP contribution is -2.44. The van der Waals surface area contributed by atoms with Crippen LogP contribution in [0.1, 0.15) is 36.6 Å². The summed E-state index contributed by atoms with van der Waals surface area (Å²) in [6.45, 7) is 2.16. The highest BCUT2D eigenvalue weighted by Gasteiger charge is 2.35. The Bertz CT molecular complexity index is 987. The highest BCUT2D eigenvalue weighted by Crippen LogP contribution is 2.33. The topological polar surface area (TPSA) is 82.3 Å². The number of hydrogen-bond donors (Lipinski definition) is 2. The van der Waals surface area contributed by atoms with Crippen LogP contribution in [0.15, 0.2) is 36.4 Å². The minimum Gasteiger partial charge on any atom is -0.378 e. The third kappa shape index (κ3) is 5.69. The van der Waals surface area contributed by atoms with Crippen LogP contribution in [-0.4, -0.2) is 23.2 Å². The fraction of sp³-hybridized carbons (Fsp3) is 0.300. The molecule has 1 amide bonds. The standard InChI is InChI=1S/C20H17ClF4N2O3/c1-11(12-4-6-16(21)17(22)7-12)30-10-19(2,29)18(28)27-14-5-3-13(9-26)15(8-14)20(23,24)25/h3-8,11,29H,10H2,1-2H3,(H,27,28). The van der Waals surface area contributed by atoms with E-state index in [0.717, 1.165) is 25.1 Å². The van der Waals surface area contributed by atoms with Gasteiger partial charge >= 0.3 is 6.18 Å². The molecule has 0 heterocycles. The first-order chi connectivity index (χ1) is 13.8. The number of ether oxygens (including phenoxy) is 1. The van der Waals surface area contributed by atoms with Gasteiger partial charge < -0.3 is 15.2 Å². The molecule has 2 N–H and O–H groups in total. The lowest BCUT2D eigenvalue weighted by Gasteiger charge is -2.25. The number of hydrogen-bond acceptors (Lipinski definition) is 4. The number of nitriles is 1. The second-order valence-corrected chi connectivity index (χ2v) is 7.13. The molecule has 0 aliphatic rings. The summed E-state index contributed by atoms with van der Waals surface area (Å²) in [6.07, 6.45) is -5.50. The Labute approximate surface area is 174 Å². The number of anilines is 1. The van der Waals surface area contributed by atoms with E-state index in [9.17, 15) is 27.5 Å². The van der Waals surface area contributed by atoms with Crippen molar-refractivity contribution < 1.29 is 32.2 Å². The molecule has 2 atom stereocenters. The molecule has 0 fully saturated rings. The van der Waals surface area contributed by atoms with Gasteiger partial charge in [-0.1, -0.05) is 17.7 Å². The predicted octanol–water partition coefficient (Wildman–Crippen LogP) is 4.84. The van der Waals surface area contributed by atoms with Gasteiger partial charge in [-0.3, -0.25) is 4.79 Å². The van der Waals surface area contributed by atoms with Gasteiger partial charge in [0.1, 0.15) is 5.82 Å². The maximum Gasteiger partial charge on any atom is 0.417 e. The Morgan fingerprint density at radius 2 is 1.97 bits per heavy atom. The summed E-state index contributed by atoms with van der Waals surface area (Å²) in [4.78, 5) is 12.3. The van der Waals surface area contributed by atoms with Gasteiger partial charge in [0, 0.05) is 5.69 Å². The Hall–Kier alpha value is -2.67. The average Bonchev–Trinajstić information content (AvgIpc) is 2.67. The fourth-order valence-electron chi connectivity index (χ4n) is 2.43. The lowest BCUT2D eigenvalue weighted by molar-refractivity contribution is -0.141. The number of rotatable bonds is 6. The summed E-state index contributed by atoms with van der Waals surface area (Å²) >= 11 is 5.61. The molecule has 10 heteroatoms. The van der Waals surface area contributed by atoms with E-state index in [0.29, 0.717) is 11.6 Å². The number of halogens is 5. The Balaban J connectivity index is 2.08. The average molecular weight is 445 g/mol. The first-order valence-electron chi connectivity index (χ1n) is 8.57. The van der Waals surface area contributed by atoms with Gasteiger partial charge in [-0.25, -0.2) is 4.39 Å². The number of amides is 1. The molecule has 0 bridgehead atoms. The largest absolute Gasteiger partial charge is 0.417 e. The Kier molecular flexibility index (Phi) is 7.08. The van der Waals surface area contributed by atoms with Crippen LogP contribution in [0.2, 0.25) is 5.02 Å². The number of alkyl halides is 3. The van der Waals surface area contributed by atoms with Gasteiger partial charge in [-0.05, 0) is 49.7 Å². The lowest BCUT2D eigenvalue weighted by atomic mass is 10.0. The van der Waals surface area contributed by atoms with E-state index < -0.39 is 47.3 Å². The van der Waals surface area contributed by atoms with Crippen molar-refractivity contribution in [2.45, 2.75) is 31.7 Å². The molecule has 0 radical (unpaired) electrons. The van der Waals surface area contributed by atoms with Crippen molar-refractivity contribution in [1.29, 1.82) is 5.26 Å². The molecule has 0 saturated carbocycles. The van der Waals surface area contributed by atoms with Crippen molar-refractivity contribution >= 4 is 23.2 Å². The Morgan fingerprint density at radius 1 is 1.30 bits per heavy atom. The quantitative estimate of drug-likeness (QED) is 0.625. The van der Waals surface area contributed by atoms with E-state index >= 15 is 0 Å². The number of carbonyl (C=O) groups is 1. The third-order valence-corrected chi connectivity index (χ3v) is 4.53. The summed E-state index contributed by atoms with van der Waals surface area (Å²) < 4.78 is 58.1. The first-order valence-corrected chi connectivity index (χ1v) is 8.94. The molecule has 2 aromatic carbocycles. The summed E-state index contributed by atoms with van der Waals surface area (Å²) in [5.41, 5.74) is -3.75. The Morgan fingerprint density at radius 3 is 2.53 bits per heavy atom. The van der Waals surface area contributed by atoms with Crippen LogP contribution in [0.25, 0.3) is 0 Å². The van der Waals surface area contributed by atoms with E-state index in [4.69, 9.17) is 21.6 Å². The van der Waals surface area contributed by atoms with Crippen molar-refractivity contribution in [3.63, 3.8) is 0 Å². The monoisotopic (exact) mass is 444 g/mol. The molecular weight excluding hydrogens is 428 g/mol. The molecule has 160 valence electrons. The van der Waals surface area contributed by atoms with E-state index in [-0.39, 0.29) is 10.7 Å². The highest BCUT2D eigenvalue weighted by molar-refractivity contribution is 6.30. The van der Waals surface area contributed by atoms with Crippen molar-refractivity contribution in [2.24, 2.45) is 0 Å². The summed E-state index contributed by atoms with van der Waals surface area (Å²) in [7, 11) is 0. The molecule has 0 spiro atoms. The SMILES string of the molecule is CC(OCC(C)(O)C(=O)Nc1ccc(C#N)c(C(F)(F)F)c1)c1ccc(Cl)c(F)c1. The van der Waals surface area contributed by atoms with Gasteiger partial charge in [0.05, 0.1) is 34.9 Å². The number of nitrogens with zero attached hydrogens (tertiary/aromatic N) is 1. The maximum absolute atomic E-state index is 13.6. The number of benzene rings is 2. The predicted molar refractivity (Wildman–Crippen MR) is 101 cm³/mol. The van der Waals surface area contributed by atoms with Gasteiger partial charge in [0.15, 0.2) is 5.60 Å². The molecule has 2 rings (SSSR count). The van der Waals surface area contributed by atoms with Crippen LogP contribution >= 0.6 is 11.6 Å². The van der Waals surface area contributed by atoms with E-state index in [2.05, 4.69) is 5.32 Å². The van der Waals surface area contributed by atoms with E-state index in [1.807, 2.05) is 0 Å². The zero-order chi connectivity index (χ0) is 22.7. The fourth-order valence-corrected chi connectivity index (χ4v) is 2.55. The van der Waals surface area contributed by atoms with Gasteiger partial charge in [-0.2, -0.15) is 18.4 Å². The smallest absolute Gasteiger partial charge is 0.378 e. The number of carbonyl (C=O) groups excluding carboxylic acids is 1. The third-order valence-electron chi connectivity index (χ3n) is 4.22. The second-order valence-electron chi connectivity index (χ2n) is 6.72. The van der Waals surface area contributed by atoms with E-state index in [1.165, 1.54) is 18.2 Å². The molecule has 0 aliphatic carbocycles. The van der Waals surface area contributed by atoms with Crippen LogP contribution in [-0.2, 0) is 15.7 Å². The van der Waals surface area contributed by atoms with Gasteiger partial charge in [0.25, 0.3) is 5.91 Å². The van der Waals surface area contributed by atoms with Crippen LogP contribution in [0.3, 0.4) is 0 Å². The zero-order valence-electron chi connectivity index (χ0n) is 15.8. The first kappa shape index (κ1) is 23.6. The normalized spacial score (nSPS) is 14.5. The maximum atomic E-state index is 13.6. The molecular formula is C20H17ClF4N2O3. The number of nitrogens with one attached hydrogen (secondary N) is 1. The van der Waals surface area contributed by atoms with Crippen LogP contribution < -0.4 is 5.32 Å². The van der Waals surface area contributed by atoms with Crippen LogP contribution in [0.5, 0.6) is 0 Å². The minimum atomic E-state index is -4.79. The molecule has 2 aromatic rings.